The van der Waals surface area contributed by atoms with Crippen molar-refractivity contribution in [1.82, 2.24) is 20.7 Å². The van der Waals surface area contributed by atoms with Crippen molar-refractivity contribution in [2.24, 2.45) is 0 Å². The van der Waals surface area contributed by atoms with Crippen LogP contribution in [-0.4, -0.2) is 32.7 Å². The Morgan fingerprint density at radius 2 is 2.00 bits per heavy atom. The fourth-order valence-electron chi connectivity index (χ4n) is 2.98. The molecule has 1 aromatic carbocycles. The molecule has 0 saturated carbocycles. The maximum absolute atomic E-state index is 13.2. The largest absolute Gasteiger partial charge is 0.333 e. The summed E-state index contributed by atoms with van der Waals surface area (Å²) in [6.45, 7) is 5.24. The summed E-state index contributed by atoms with van der Waals surface area (Å²) >= 11 is 3.64. The summed E-state index contributed by atoms with van der Waals surface area (Å²) in [7, 11) is 0. The second kappa shape index (κ2) is 8.08. The molecule has 25 heavy (non-hydrogen) atoms. The highest BCUT2D eigenvalue weighted by molar-refractivity contribution is 9.09. The number of alkyl halides is 1. The fraction of sp³-hybridized carbons (Fsp3) is 0.368. The van der Waals surface area contributed by atoms with Crippen molar-refractivity contribution in [3.05, 3.63) is 65.5 Å². The van der Waals surface area contributed by atoms with Gasteiger partial charge in [-0.15, -0.1) is 0 Å². The lowest BCUT2D eigenvalue weighted by Crippen LogP contribution is -2.47. The molecule has 0 bridgehead atoms. The van der Waals surface area contributed by atoms with E-state index in [4.69, 9.17) is 0 Å². The average molecular weight is 403 g/mol. The predicted octanol–water partition coefficient (Wildman–Crippen LogP) is 2.55. The highest BCUT2D eigenvalue weighted by Crippen LogP contribution is 2.20. The first-order chi connectivity index (χ1) is 12.1. The summed E-state index contributed by atoms with van der Waals surface area (Å²) in [5.74, 6) is 0.0748. The summed E-state index contributed by atoms with van der Waals surface area (Å²) in [5.41, 5.74) is 9.62. The standard InChI is InChI=1S/C19H23BrN4O/c1-13-6-3-4-8-16(13)12-24(11-15-7-5-9-21-10-15)19(25)18-17(20)14(2)22-23-18/h3-10,14,17-18,22-23H,11-12H2,1-2H3. The molecule has 0 radical (unpaired) electrons. The molecule has 132 valence electrons. The lowest BCUT2D eigenvalue weighted by Gasteiger charge is -2.27. The molecule has 0 spiro atoms. The van der Waals surface area contributed by atoms with Crippen molar-refractivity contribution in [2.75, 3.05) is 0 Å². The summed E-state index contributed by atoms with van der Waals surface area (Å²) in [6.07, 6.45) is 3.56. The van der Waals surface area contributed by atoms with Crippen LogP contribution in [0.3, 0.4) is 0 Å². The van der Waals surface area contributed by atoms with Crippen LogP contribution in [0.4, 0.5) is 0 Å². The number of carbonyl (C=O) groups excluding carboxylic acids is 1. The smallest absolute Gasteiger partial charge is 0.242 e. The number of hydrogen-bond donors (Lipinski definition) is 2. The Morgan fingerprint density at radius 3 is 2.64 bits per heavy atom. The normalized spacial score (nSPS) is 22.8. The number of nitrogens with zero attached hydrogens (tertiary/aromatic N) is 2. The van der Waals surface area contributed by atoms with Gasteiger partial charge >= 0.3 is 0 Å². The van der Waals surface area contributed by atoms with Crippen LogP contribution >= 0.6 is 15.9 Å². The first-order valence-electron chi connectivity index (χ1n) is 8.43. The molecule has 1 aliphatic rings. The van der Waals surface area contributed by atoms with Crippen LogP contribution < -0.4 is 10.9 Å². The van der Waals surface area contributed by atoms with Gasteiger partial charge in [-0.1, -0.05) is 46.3 Å². The molecule has 3 atom stereocenters. The molecular weight excluding hydrogens is 380 g/mol. The van der Waals surface area contributed by atoms with Crippen LogP contribution in [0.2, 0.25) is 0 Å². The Kier molecular flexibility index (Phi) is 5.83. The van der Waals surface area contributed by atoms with E-state index >= 15 is 0 Å². The van der Waals surface area contributed by atoms with Gasteiger partial charge in [0.05, 0.1) is 4.83 Å². The van der Waals surface area contributed by atoms with Gasteiger partial charge in [0.15, 0.2) is 0 Å². The van der Waals surface area contributed by atoms with E-state index in [1.807, 2.05) is 42.3 Å². The number of aryl methyl sites for hydroxylation is 1. The molecule has 1 saturated heterocycles. The molecule has 1 aromatic heterocycles. The van der Waals surface area contributed by atoms with Crippen molar-refractivity contribution in [3.63, 3.8) is 0 Å². The van der Waals surface area contributed by atoms with Crippen LogP contribution in [0, 0.1) is 6.92 Å². The first-order valence-corrected chi connectivity index (χ1v) is 9.35. The SMILES string of the molecule is Cc1ccccc1CN(Cc1cccnc1)C(=O)C1NNC(C)C1Br. The average Bonchev–Trinajstić information content (AvgIpc) is 2.95. The van der Waals surface area contributed by atoms with Crippen LogP contribution in [0.25, 0.3) is 0 Å². The lowest BCUT2D eigenvalue weighted by molar-refractivity contribution is -0.134. The third-order valence-electron chi connectivity index (χ3n) is 4.56. The van der Waals surface area contributed by atoms with Gasteiger partial charge in [-0.25, -0.2) is 5.43 Å². The quantitative estimate of drug-likeness (QED) is 0.754. The number of rotatable bonds is 5. The van der Waals surface area contributed by atoms with E-state index in [2.05, 4.69) is 50.8 Å². The highest BCUT2D eigenvalue weighted by Gasteiger charge is 2.38. The first kappa shape index (κ1) is 18.0. The van der Waals surface area contributed by atoms with Crippen molar-refractivity contribution >= 4 is 21.8 Å². The summed E-state index contributed by atoms with van der Waals surface area (Å²) in [4.78, 5) is 19.3. The number of pyridine rings is 1. The van der Waals surface area contributed by atoms with Crippen LogP contribution in [0.1, 0.15) is 23.6 Å². The maximum atomic E-state index is 13.2. The number of carbonyl (C=O) groups is 1. The van der Waals surface area contributed by atoms with Gasteiger partial charge in [0.1, 0.15) is 6.04 Å². The van der Waals surface area contributed by atoms with E-state index in [0.29, 0.717) is 13.1 Å². The van der Waals surface area contributed by atoms with E-state index in [1.165, 1.54) is 5.56 Å². The van der Waals surface area contributed by atoms with Crippen molar-refractivity contribution in [3.8, 4) is 0 Å². The molecule has 3 rings (SSSR count). The van der Waals surface area contributed by atoms with E-state index < -0.39 is 0 Å². The Labute approximate surface area is 156 Å². The molecule has 0 aliphatic carbocycles. The van der Waals surface area contributed by atoms with E-state index in [-0.39, 0.29) is 22.8 Å². The predicted molar refractivity (Wildman–Crippen MR) is 102 cm³/mol. The Hall–Kier alpha value is -1.76. The molecule has 2 N–H and O–H groups in total. The summed E-state index contributed by atoms with van der Waals surface area (Å²) in [6, 6.07) is 12.0. The van der Waals surface area contributed by atoms with Gasteiger partial charge in [-0.05, 0) is 36.6 Å². The second-order valence-electron chi connectivity index (χ2n) is 6.48. The third kappa shape index (κ3) is 4.26. The van der Waals surface area contributed by atoms with Gasteiger partial charge in [-0.3, -0.25) is 15.2 Å². The van der Waals surface area contributed by atoms with Gasteiger partial charge in [0.2, 0.25) is 5.91 Å². The zero-order valence-corrected chi connectivity index (χ0v) is 16.0. The molecule has 6 heteroatoms. The van der Waals surface area contributed by atoms with Gasteiger partial charge in [0, 0.05) is 31.5 Å². The zero-order valence-electron chi connectivity index (χ0n) is 14.4. The minimum Gasteiger partial charge on any atom is -0.333 e. The lowest BCUT2D eigenvalue weighted by atomic mass is 10.1. The van der Waals surface area contributed by atoms with Crippen molar-refractivity contribution < 1.29 is 4.79 Å². The van der Waals surface area contributed by atoms with Crippen molar-refractivity contribution in [2.45, 2.75) is 43.8 Å². The van der Waals surface area contributed by atoms with Crippen LogP contribution in [0.15, 0.2) is 48.8 Å². The Balaban J connectivity index is 1.83. The molecule has 1 aliphatic heterocycles. The van der Waals surface area contributed by atoms with Crippen LogP contribution in [0.5, 0.6) is 0 Å². The molecule has 2 heterocycles. The fourth-order valence-corrected chi connectivity index (χ4v) is 3.47. The van der Waals surface area contributed by atoms with Gasteiger partial charge < -0.3 is 4.90 Å². The summed E-state index contributed by atoms with van der Waals surface area (Å²) in [5, 5.41) is 0. The number of amides is 1. The second-order valence-corrected chi connectivity index (χ2v) is 7.54. The molecule has 3 unspecified atom stereocenters. The Morgan fingerprint density at radius 1 is 1.20 bits per heavy atom. The highest BCUT2D eigenvalue weighted by atomic mass is 79.9. The topological polar surface area (TPSA) is 57.3 Å². The maximum Gasteiger partial charge on any atom is 0.242 e. The van der Waals surface area contributed by atoms with E-state index in [0.717, 1.165) is 11.1 Å². The Bertz CT molecular complexity index is 724. The van der Waals surface area contributed by atoms with Gasteiger partial charge in [0.25, 0.3) is 0 Å². The van der Waals surface area contributed by atoms with Crippen LogP contribution in [-0.2, 0) is 17.9 Å². The number of halogens is 1. The number of benzene rings is 1. The number of aromatic nitrogens is 1. The monoisotopic (exact) mass is 402 g/mol. The minimum atomic E-state index is -0.296. The number of hydrazine groups is 1. The summed E-state index contributed by atoms with van der Waals surface area (Å²) < 4.78 is 0. The van der Waals surface area contributed by atoms with E-state index in [1.54, 1.807) is 6.20 Å². The number of hydrogen-bond acceptors (Lipinski definition) is 4. The molecule has 1 fully saturated rings. The zero-order chi connectivity index (χ0) is 17.8. The molecule has 2 aromatic rings. The van der Waals surface area contributed by atoms with Gasteiger partial charge in [-0.2, -0.15) is 0 Å². The number of nitrogens with one attached hydrogen (secondary N) is 2. The molecule has 1 amide bonds. The van der Waals surface area contributed by atoms with Crippen molar-refractivity contribution in [1.29, 1.82) is 0 Å². The molecule has 5 nitrogen and oxygen atoms in total. The van der Waals surface area contributed by atoms with E-state index in [9.17, 15) is 4.79 Å². The molecular formula is C19H23BrN4O. The third-order valence-corrected chi connectivity index (χ3v) is 5.88. The minimum absolute atomic E-state index is 0.0493.